The number of halogens is 3. The lowest BCUT2D eigenvalue weighted by Crippen LogP contribution is -2.01. The summed E-state index contributed by atoms with van der Waals surface area (Å²) >= 11 is 0. The second-order valence-electron chi connectivity index (χ2n) is 2.81. The molecule has 1 saturated carbocycles. The molecular formula is C8H11F3. The average Bonchev–Trinajstić information content (AvgIpc) is 2.05. The SMILES string of the molecule is FC(=C1CCCCC1)C(F)F. The molecule has 1 rings (SSSR count). The highest BCUT2D eigenvalue weighted by Crippen LogP contribution is 2.28. The van der Waals surface area contributed by atoms with E-state index in [2.05, 4.69) is 0 Å². The fourth-order valence-corrected chi connectivity index (χ4v) is 1.37. The monoisotopic (exact) mass is 164 g/mol. The fraction of sp³-hybridized carbons (Fsp3) is 0.750. The van der Waals surface area contributed by atoms with Crippen LogP contribution in [0.15, 0.2) is 11.4 Å². The molecular weight excluding hydrogens is 153 g/mol. The Hall–Kier alpha value is -0.470. The van der Waals surface area contributed by atoms with Crippen LogP contribution in [0.5, 0.6) is 0 Å². The quantitative estimate of drug-likeness (QED) is 0.556. The molecule has 0 aromatic rings. The maximum absolute atomic E-state index is 12.5. The Kier molecular flexibility index (Phi) is 2.97. The molecule has 1 aliphatic carbocycles. The van der Waals surface area contributed by atoms with Gasteiger partial charge in [-0.2, -0.15) is 0 Å². The zero-order valence-electron chi connectivity index (χ0n) is 6.25. The fourth-order valence-electron chi connectivity index (χ4n) is 1.37. The van der Waals surface area contributed by atoms with Crippen molar-refractivity contribution in [2.45, 2.75) is 38.5 Å². The summed E-state index contributed by atoms with van der Waals surface area (Å²) in [6.45, 7) is 0. The van der Waals surface area contributed by atoms with Gasteiger partial charge in [-0.25, -0.2) is 13.2 Å². The highest BCUT2D eigenvalue weighted by molar-refractivity contribution is 5.11. The lowest BCUT2D eigenvalue weighted by molar-refractivity contribution is 0.155. The van der Waals surface area contributed by atoms with E-state index in [1.165, 1.54) is 0 Å². The minimum Gasteiger partial charge on any atom is -0.206 e. The minimum absolute atomic E-state index is 0.339. The Bertz CT molecular complexity index is 153. The van der Waals surface area contributed by atoms with Crippen molar-refractivity contribution >= 4 is 0 Å². The molecule has 0 nitrogen and oxygen atoms in total. The summed E-state index contributed by atoms with van der Waals surface area (Å²) < 4.78 is 36.1. The molecule has 0 bridgehead atoms. The Morgan fingerprint density at radius 2 is 1.64 bits per heavy atom. The molecule has 0 aliphatic heterocycles. The van der Waals surface area contributed by atoms with E-state index in [-0.39, 0.29) is 0 Å². The highest BCUT2D eigenvalue weighted by atomic mass is 19.3. The van der Waals surface area contributed by atoms with Crippen molar-refractivity contribution in [3.05, 3.63) is 11.4 Å². The van der Waals surface area contributed by atoms with Crippen LogP contribution >= 0.6 is 0 Å². The number of hydrogen-bond acceptors (Lipinski definition) is 0. The Labute approximate surface area is 64.1 Å². The normalized spacial score (nSPS) is 19.1. The summed E-state index contributed by atoms with van der Waals surface area (Å²) in [5, 5.41) is 0. The van der Waals surface area contributed by atoms with Gasteiger partial charge in [0.1, 0.15) is 0 Å². The van der Waals surface area contributed by atoms with Crippen LogP contribution in [0.2, 0.25) is 0 Å². The van der Waals surface area contributed by atoms with Gasteiger partial charge in [-0.15, -0.1) is 0 Å². The van der Waals surface area contributed by atoms with Crippen molar-refractivity contribution in [3.63, 3.8) is 0 Å². The van der Waals surface area contributed by atoms with Gasteiger partial charge in [0.05, 0.1) is 0 Å². The van der Waals surface area contributed by atoms with Crippen molar-refractivity contribution in [2.75, 3.05) is 0 Å². The van der Waals surface area contributed by atoms with Gasteiger partial charge in [0.15, 0.2) is 5.83 Å². The van der Waals surface area contributed by atoms with E-state index < -0.39 is 12.3 Å². The first-order chi connectivity index (χ1) is 5.22. The molecule has 0 radical (unpaired) electrons. The van der Waals surface area contributed by atoms with Crippen molar-refractivity contribution in [1.29, 1.82) is 0 Å². The molecule has 0 saturated heterocycles. The van der Waals surface area contributed by atoms with Crippen LogP contribution in [-0.4, -0.2) is 6.43 Å². The van der Waals surface area contributed by atoms with Gasteiger partial charge in [-0.3, -0.25) is 0 Å². The summed E-state index contributed by atoms with van der Waals surface area (Å²) in [5.41, 5.74) is 0.339. The summed E-state index contributed by atoms with van der Waals surface area (Å²) in [6, 6.07) is 0. The molecule has 0 heterocycles. The second kappa shape index (κ2) is 3.79. The van der Waals surface area contributed by atoms with Crippen LogP contribution in [0.3, 0.4) is 0 Å². The molecule has 0 unspecified atom stereocenters. The predicted molar refractivity (Wildman–Crippen MR) is 37.2 cm³/mol. The molecule has 0 atom stereocenters. The van der Waals surface area contributed by atoms with Gasteiger partial charge in [-0.05, 0) is 31.3 Å². The number of alkyl halides is 2. The lowest BCUT2D eigenvalue weighted by Gasteiger charge is -2.14. The zero-order valence-corrected chi connectivity index (χ0v) is 6.25. The molecule has 0 aromatic carbocycles. The molecule has 0 aromatic heterocycles. The zero-order chi connectivity index (χ0) is 8.27. The first-order valence-electron chi connectivity index (χ1n) is 3.87. The second-order valence-corrected chi connectivity index (χ2v) is 2.81. The van der Waals surface area contributed by atoms with Gasteiger partial charge in [-0.1, -0.05) is 6.42 Å². The Morgan fingerprint density at radius 1 is 1.09 bits per heavy atom. The molecule has 1 aliphatic rings. The molecule has 0 spiro atoms. The average molecular weight is 164 g/mol. The van der Waals surface area contributed by atoms with Gasteiger partial charge >= 0.3 is 0 Å². The van der Waals surface area contributed by atoms with Crippen molar-refractivity contribution in [1.82, 2.24) is 0 Å². The summed E-state index contributed by atoms with van der Waals surface area (Å²) in [4.78, 5) is 0. The third-order valence-corrected chi connectivity index (χ3v) is 1.99. The Morgan fingerprint density at radius 3 is 2.09 bits per heavy atom. The van der Waals surface area contributed by atoms with Crippen LogP contribution in [0.1, 0.15) is 32.1 Å². The van der Waals surface area contributed by atoms with E-state index in [4.69, 9.17) is 0 Å². The van der Waals surface area contributed by atoms with Crippen molar-refractivity contribution in [2.24, 2.45) is 0 Å². The van der Waals surface area contributed by atoms with E-state index in [1.807, 2.05) is 0 Å². The summed E-state index contributed by atoms with van der Waals surface area (Å²) in [5.74, 6) is -1.18. The first-order valence-corrected chi connectivity index (χ1v) is 3.87. The smallest absolute Gasteiger partial charge is 0.206 e. The largest absolute Gasteiger partial charge is 0.289 e. The number of hydrogen-bond donors (Lipinski definition) is 0. The maximum Gasteiger partial charge on any atom is 0.289 e. The molecule has 0 amide bonds. The summed E-state index contributed by atoms with van der Waals surface area (Å²) in [7, 11) is 0. The Balaban J connectivity index is 2.60. The van der Waals surface area contributed by atoms with E-state index in [1.54, 1.807) is 0 Å². The number of allylic oxidation sites excluding steroid dienone is 2. The van der Waals surface area contributed by atoms with Gasteiger partial charge in [0.2, 0.25) is 0 Å². The molecule has 0 N–H and O–H groups in total. The van der Waals surface area contributed by atoms with Crippen LogP contribution in [0, 0.1) is 0 Å². The van der Waals surface area contributed by atoms with Crippen LogP contribution in [0.25, 0.3) is 0 Å². The predicted octanol–water partition coefficient (Wildman–Crippen LogP) is 3.44. The maximum atomic E-state index is 12.5. The van der Waals surface area contributed by atoms with Crippen molar-refractivity contribution in [3.8, 4) is 0 Å². The molecule has 3 heteroatoms. The van der Waals surface area contributed by atoms with Crippen molar-refractivity contribution < 1.29 is 13.2 Å². The lowest BCUT2D eigenvalue weighted by atomic mass is 9.94. The standard InChI is InChI=1S/C8H11F3/c9-7(8(10)11)6-4-2-1-3-5-6/h8H,1-5H2. The molecule has 11 heavy (non-hydrogen) atoms. The first kappa shape index (κ1) is 8.62. The van der Waals surface area contributed by atoms with E-state index in [9.17, 15) is 13.2 Å². The summed E-state index contributed by atoms with van der Waals surface area (Å²) in [6.07, 6.45) is 0.903. The van der Waals surface area contributed by atoms with Crippen LogP contribution < -0.4 is 0 Å². The van der Waals surface area contributed by atoms with Crippen LogP contribution in [-0.2, 0) is 0 Å². The van der Waals surface area contributed by atoms with Gasteiger partial charge < -0.3 is 0 Å². The van der Waals surface area contributed by atoms with Gasteiger partial charge in [0.25, 0.3) is 6.43 Å². The molecule has 1 fully saturated rings. The minimum atomic E-state index is -2.90. The third kappa shape index (κ3) is 2.24. The topological polar surface area (TPSA) is 0 Å². The van der Waals surface area contributed by atoms with Crippen LogP contribution in [0.4, 0.5) is 13.2 Å². The van der Waals surface area contributed by atoms with E-state index in [0.29, 0.717) is 18.4 Å². The highest BCUT2D eigenvalue weighted by Gasteiger charge is 2.17. The van der Waals surface area contributed by atoms with E-state index >= 15 is 0 Å². The number of rotatable bonds is 1. The third-order valence-electron chi connectivity index (χ3n) is 1.99. The van der Waals surface area contributed by atoms with E-state index in [0.717, 1.165) is 19.3 Å². The molecule has 64 valence electrons. The van der Waals surface area contributed by atoms with Gasteiger partial charge in [0, 0.05) is 0 Å².